The molecular formula is C14H23BN2O3. The minimum absolute atomic E-state index is 0.0704. The second kappa shape index (κ2) is 5.02. The van der Waals surface area contributed by atoms with Crippen molar-refractivity contribution >= 4 is 12.6 Å². The average molecular weight is 278 g/mol. The highest BCUT2D eigenvalue weighted by Gasteiger charge is 2.51. The molecule has 0 spiro atoms. The number of hydrogen-bond donors (Lipinski definition) is 1. The molecule has 0 saturated carbocycles. The number of H-pyrrole nitrogens is 1. The van der Waals surface area contributed by atoms with E-state index in [1.165, 1.54) is 0 Å². The van der Waals surface area contributed by atoms with E-state index in [0.717, 1.165) is 5.46 Å². The van der Waals surface area contributed by atoms with Crippen LogP contribution in [0.3, 0.4) is 0 Å². The Balaban J connectivity index is 2.29. The zero-order valence-corrected chi connectivity index (χ0v) is 13.1. The SMILES string of the molecule is CN(C)Cc1cc(B2OC(C)(C)C(C)(C)O2)c[nH]c1=O. The van der Waals surface area contributed by atoms with E-state index in [-0.39, 0.29) is 16.8 Å². The zero-order valence-electron chi connectivity index (χ0n) is 13.1. The normalized spacial score (nSPS) is 20.6. The molecule has 110 valence electrons. The summed E-state index contributed by atoms with van der Waals surface area (Å²) in [6, 6.07) is 1.86. The summed E-state index contributed by atoms with van der Waals surface area (Å²) in [6.07, 6.45) is 1.67. The van der Waals surface area contributed by atoms with Crippen LogP contribution in [0.2, 0.25) is 0 Å². The van der Waals surface area contributed by atoms with Crippen LogP contribution >= 0.6 is 0 Å². The van der Waals surface area contributed by atoms with Gasteiger partial charge in [0.15, 0.2) is 0 Å². The third kappa shape index (κ3) is 2.82. The molecule has 1 aliphatic heterocycles. The van der Waals surface area contributed by atoms with Crippen LogP contribution in [0, 0.1) is 0 Å². The molecule has 6 heteroatoms. The first-order valence-electron chi connectivity index (χ1n) is 6.84. The second-order valence-electron chi connectivity index (χ2n) is 6.61. The van der Waals surface area contributed by atoms with Gasteiger partial charge in [0.25, 0.3) is 5.56 Å². The molecule has 1 aliphatic rings. The van der Waals surface area contributed by atoms with Gasteiger partial charge in [-0.15, -0.1) is 0 Å². The Morgan fingerprint density at radius 2 is 1.75 bits per heavy atom. The minimum atomic E-state index is -0.447. The molecule has 1 aromatic heterocycles. The monoisotopic (exact) mass is 278 g/mol. The van der Waals surface area contributed by atoms with Gasteiger partial charge in [-0.25, -0.2) is 0 Å². The molecule has 2 heterocycles. The van der Waals surface area contributed by atoms with Gasteiger partial charge in [0.2, 0.25) is 0 Å². The van der Waals surface area contributed by atoms with Crippen LogP contribution in [0.25, 0.3) is 0 Å². The number of hydrogen-bond acceptors (Lipinski definition) is 4. The van der Waals surface area contributed by atoms with Crippen LogP contribution in [0.15, 0.2) is 17.1 Å². The molecular weight excluding hydrogens is 255 g/mol. The lowest BCUT2D eigenvalue weighted by atomic mass is 9.79. The largest absolute Gasteiger partial charge is 0.496 e. The third-order valence-corrected chi connectivity index (χ3v) is 4.01. The summed E-state index contributed by atoms with van der Waals surface area (Å²) in [5.74, 6) is 0. The Morgan fingerprint density at radius 3 is 2.25 bits per heavy atom. The number of pyridine rings is 1. The average Bonchev–Trinajstić information content (AvgIpc) is 2.50. The van der Waals surface area contributed by atoms with Crippen molar-refractivity contribution < 1.29 is 9.31 Å². The lowest BCUT2D eigenvalue weighted by Crippen LogP contribution is -2.41. The predicted octanol–water partition coefficient (Wildman–Crippen LogP) is 0.736. The van der Waals surface area contributed by atoms with Gasteiger partial charge in [-0.2, -0.15) is 0 Å². The molecule has 1 saturated heterocycles. The van der Waals surface area contributed by atoms with Crippen molar-refractivity contribution in [2.75, 3.05) is 14.1 Å². The van der Waals surface area contributed by atoms with Gasteiger partial charge in [-0.05, 0) is 47.3 Å². The van der Waals surface area contributed by atoms with Crippen molar-refractivity contribution in [1.29, 1.82) is 0 Å². The van der Waals surface area contributed by atoms with E-state index >= 15 is 0 Å². The zero-order chi connectivity index (χ0) is 15.1. The number of nitrogens with one attached hydrogen (secondary N) is 1. The van der Waals surface area contributed by atoms with E-state index < -0.39 is 7.12 Å². The maximum absolute atomic E-state index is 11.8. The van der Waals surface area contributed by atoms with Crippen molar-refractivity contribution in [3.05, 3.63) is 28.2 Å². The highest BCUT2D eigenvalue weighted by atomic mass is 16.7. The van der Waals surface area contributed by atoms with E-state index in [0.29, 0.717) is 12.1 Å². The van der Waals surface area contributed by atoms with E-state index in [1.807, 2.05) is 52.8 Å². The molecule has 20 heavy (non-hydrogen) atoms. The van der Waals surface area contributed by atoms with Crippen LogP contribution in [-0.4, -0.2) is 42.3 Å². The van der Waals surface area contributed by atoms with Gasteiger partial charge >= 0.3 is 7.12 Å². The Morgan fingerprint density at radius 1 is 1.20 bits per heavy atom. The Kier molecular flexibility index (Phi) is 3.84. The molecule has 5 nitrogen and oxygen atoms in total. The van der Waals surface area contributed by atoms with Crippen molar-refractivity contribution in [2.45, 2.75) is 45.4 Å². The Hall–Kier alpha value is -1.11. The van der Waals surface area contributed by atoms with Gasteiger partial charge in [-0.3, -0.25) is 4.79 Å². The lowest BCUT2D eigenvalue weighted by Gasteiger charge is -2.32. The molecule has 1 aromatic rings. The highest BCUT2D eigenvalue weighted by molar-refractivity contribution is 6.62. The van der Waals surface area contributed by atoms with Crippen LogP contribution in [0.5, 0.6) is 0 Å². The molecule has 0 aromatic carbocycles. The summed E-state index contributed by atoms with van der Waals surface area (Å²) in [4.78, 5) is 16.5. The number of rotatable bonds is 3. The van der Waals surface area contributed by atoms with Crippen molar-refractivity contribution in [1.82, 2.24) is 9.88 Å². The molecule has 0 unspecified atom stereocenters. The summed E-state index contributed by atoms with van der Waals surface area (Å²) in [5, 5.41) is 0. The van der Waals surface area contributed by atoms with E-state index in [9.17, 15) is 4.79 Å². The molecule has 0 aliphatic carbocycles. The topological polar surface area (TPSA) is 54.6 Å². The van der Waals surface area contributed by atoms with Crippen LogP contribution in [0.4, 0.5) is 0 Å². The van der Waals surface area contributed by atoms with Crippen molar-refractivity contribution in [3.8, 4) is 0 Å². The van der Waals surface area contributed by atoms with E-state index in [4.69, 9.17) is 9.31 Å². The van der Waals surface area contributed by atoms with Gasteiger partial charge in [0.1, 0.15) is 0 Å². The number of aromatic amines is 1. The van der Waals surface area contributed by atoms with Crippen molar-refractivity contribution in [2.24, 2.45) is 0 Å². The van der Waals surface area contributed by atoms with Crippen molar-refractivity contribution in [3.63, 3.8) is 0 Å². The first-order chi connectivity index (χ1) is 9.12. The fraction of sp³-hybridized carbons (Fsp3) is 0.643. The van der Waals surface area contributed by atoms with E-state index in [1.54, 1.807) is 6.20 Å². The second-order valence-corrected chi connectivity index (χ2v) is 6.61. The standard InChI is InChI=1S/C14H23BN2O3/c1-13(2)14(3,4)20-15(19-13)11-7-10(9-17(5)6)12(18)16-8-11/h7-8H,9H2,1-6H3,(H,16,18). The van der Waals surface area contributed by atoms with E-state index in [2.05, 4.69) is 4.98 Å². The molecule has 0 atom stereocenters. The summed E-state index contributed by atoms with van der Waals surface area (Å²) >= 11 is 0. The quantitative estimate of drug-likeness (QED) is 0.828. The maximum Gasteiger partial charge on any atom is 0.496 e. The fourth-order valence-electron chi connectivity index (χ4n) is 2.12. The van der Waals surface area contributed by atoms with Gasteiger partial charge in [0.05, 0.1) is 11.2 Å². The van der Waals surface area contributed by atoms with Crippen LogP contribution < -0.4 is 11.0 Å². The number of nitrogens with zero attached hydrogens (tertiary/aromatic N) is 1. The predicted molar refractivity (Wildman–Crippen MR) is 80.2 cm³/mol. The van der Waals surface area contributed by atoms with Gasteiger partial charge in [0, 0.05) is 18.3 Å². The Labute approximate surface area is 120 Å². The molecule has 1 N–H and O–H groups in total. The third-order valence-electron chi connectivity index (χ3n) is 4.01. The van der Waals surface area contributed by atoms with Gasteiger partial charge in [-0.1, -0.05) is 6.07 Å². The number of aromatic nitrogens is 1. The first-order valence-corrected chi connectivity index (χ1v) is 6.84. The molecule has 1 fully saturated rings. The maximum atomic E-state index is 11.8. The summed E-state index contributed by atoms with van der Waals surface area (Å²) in [6.45, 7) is 8.64. The molecule has 0 radical (unpaired) electrons. The summed E-state index contributed by atoms with van der Waals surface area (Å²) in [5.41, 5.74) is 0.728. The van der Waals surface area contributed by atoms with Crippen LogP contribution in [-0.2, 0) is 15.9 Å². The molecule has 2 rings (SSSR count). The summed E-state index contributed by atoms with van der Waals surface area (Å²) < 4.78 is 12.0. The smallest absolute Gasteiger partial charge is 0.399 e. The summed E-state index contributed by atoms with van der Waals surface area (Å²) in [7, 11) is 3.42. The Bertz CT molecular complexity index is 536. The van der Waals surface area contributed by atoms with Crippen LogP contribution in [0.1, 0.15) is 33.3 Å². The lowest BCUT2D eigenvalue weighted by molar-refractivity contribution is 0.00578. The minimum Gasteiger partial charge on any atom is -0.399 e. The molecule has 0 amide bonds. The first kappa shape index (κ1) is 15.3. The van der Waals surface area contributed by atoms with Gasteiger partial charge < -0.3 is 19.2 Å². The highest BCUT2D eigenvalue weighted by Crippen LogP contribution is 2.36. The fourth-order valence-corrected chi connectivity index (χ4v) is 2.12. The molecule has 0 bridgehead atoms.